The highest BCUT2D eigenvalue weighted by Gasteiger charge is 2.41. The second kappa shape index (κ2) is 18.6. The lowest BCUT2D eigenvalue weighted by molar-refractivity contribution is -0.132. The van der Waals surface area contributed by atoms with Gasteiger partial charge in [-0.15, -0.1) is 0 Å². The number of nitrogens with one attached hydrogen (secondary N) is 2. The summed E-state index contributed by atoms with van der Waals surface area (Å²) in [5.41, 5.74) is 3.96. The first-order chi connectivity index (χ1) is 27.3. The van der Waals surface area contributed by atoms with E-state index in [4.69, 9.17) is 14.2 Å². The van der Waals surface area contributed by atoms with Crippen LogP contribution in [0, 0.1) is 5.92 Å². The van der Waals surface area contributed by atoms with Gasteiger partial charge in [-0.05, 0) is 86.7 Å². The average molecular weight is 772 g/mol. The van der Waals surface area contributed by atoms with Crippen LogP contribution in [0.15, 0.2) is 48.7 Å². The number of rotatable bonds is 18. The molecule has 3 amide bonds. The predicted octanol–water partition coefficient (Wildman–Crippen LogP) is 3.47. The molecule has 2 saturated heterocycles. The molecule has 0 atom stereocenters. The Morgan fingerprint density at radius 2 is 1.91 bits per heavy atom. The van der Waals surface area contributed by atoms with Gasteiger partial charge in [0, 0.05) is 58.6 Å². The fourth-order valence-corrected chi connectivity index (χ4v) is 7.93. The van der Waals surface area contributed by atoms with Gasteiger partial charge in [-0.1, -0.05) is 30.3 Å². The molecule has 7 rings (SSSR count). The standard InChI is InChI=1S/C42H57N7O7/c1-2-47(21-17-43-16-10-34-8-9-36(50)39-40(34)55-29-37(51)44-39)38(52)13-24-54-23-12-31-4-3-5-33(26-31)27-46-19-14-42(15-20-46)30-48(22-25-56-42)41(53)35-11-18-49(45-35)28-32-6-7-32/h3-5,8-9,11,18,26,32,43,50H,2,6-7,10,12-17,19-25,27-30H2,1H3,(H,44,51). The van der Waals surface area contributed by atoms with Crippen LogP contribution in [0.3, 0.4) is 0 Å². The van der Waals surface area contributed by atoms with Crippen LogP contribution in [-0.2, 0) is 45.0 Å². The molecule has 1 aliphatic carbocycles. The van der Waals surface area contributed by atoms with Crippen LogP contribution in [0.4, 0.5) is 5.69 Å². The summed E-state index contributed by atoms with van der Waals surface area (Å²) in [7, 11) is 0. The fourth-order valence-electron chi connectivity index (χ4n) is 7.93. The number of hydrogen-bond donors (Lipinski definition) is 3. The summed E-state index contributed by atoms with van der Waals surface area (Å²) in [4.78, 5) is 44.1. The van der Waals surface area contributed by atoms with Gasteiger partial charge in [-0.3, -0.25) is 24.0 Å². The third-order valence-electron chi connectivity index (χ3n) is 11.4. The molecule has 3 aliphatic heterocycles. The molecule has 302 valence electrons. The van der Waals surface area contributed by atoms with Gasteiger partial charge in [0.2, 0.25) is 5.91 Å². The molecule has 14 nitrogen and oxygen atoms in total. The number of aromatic hydroxyl groups is 1. The number of likely N-dealkylation sites (tertiary alicyclic amines) is 1. The van der Waals surface area contributed by atoms with E-state index in [0.717, 1.165) is 51.0 Å². The minimum absolute atomic E-state index is 0.0121. The van der Waals surface area contributed by atoms with Crippen molar-refractivity contribution in [3.05, 3.63) is 71.0 Å². The van der Waals surface area contributed by atoms with E-state index < -0.39 is 0 Å². The monoisotopic (exact) mass is 771 g/mol. The second-order valence-electron chi connectivity index (χ2n) is 15.6. The molecule has 2 aromatic carbocycles. The molecule has 3 fully saturated rings. The number of morpholine rings is 1. The first-order valence-electron chi connectivity index (χ1n) is 20.4. The van der Waals surface area contributed by atoms with Crippen molar-refractivity contribution < 1.29 is 33.7 Å². The molecule has 0 unspecified atom stereocenters. The Balaban J connectivity index is 0.767. The Morgan fingerprint density at radius 3 is 2.73 bits per heavy atom. The van der Waals surface area contributed by atoms with Crippen molar-refractivity contribution in [2.45, 2.75) is 70.6 Å². The molecule has 1 aromatic heterocycles. The normalized spacial score (nSPS) is 18.0. The van der Waals surface area contributed by atoms with Crippen molar-refractivity contribution in [2.24, 2.45) is 5.92 Å². The Morgan fingerprint density at radius 1 is 1.07 bits per heavy atom. The molecular weight excluding hydrogens is 715 g/mol. The molecule has 4 heterocycles. The van der Waals surface area contributed by atoms with Crippen molar-refractivity contribution in [1.29, 1.82) is 0 Å². The Bertz CT molecular complexity index is 1820. The minimum Gasteiger partial charge on any atom is -0.506 e. The Kier molecular flexibility index (Phi) is 13.2. The lowest BCUT2D eigenvalue weighted by Gasteiger charge is -2.47. The summed E-state index contributed by atoms with van der Waals surface area (Å²) >= 11 is 0. The SMILES string of the molecule is CCN(CCNCCc1ccc(O)c2c1OCC(=O)N2)C(=O)CCOCCc1cccc(CN2CCC3(CC2)CN(C(=O)c2ccn(CC4CC4)n2)CCO3)c1. The molecule has 3 aromatic rings. The summed E-state index contributed by atoms with van der Waals surface area (Å²) in [6.45, 7) is 10.8. The van der Waals surface area contributed by atoms with E-state index in [1.165, 1.54) is 24.0 Å². The van der Waals surface area contributed by atoms with Crippen LogP contribution in [0.2, 0.25) is 0 Å². The van der Waals surface area contributed by atoms with Gasteiger partial charge < -0.3 is 39.8 Å². The number of likely N-dealkylation sites (N-methyl/N-ethyl adjacent to an activating group) is 1. The van der Waals surface area contributed by atoms with Gasteiger partial charge >= 0.3 is 0 Å². The number of ether oxygens (including phenoxy) is 3. The second-order valence-corrected chi connectivity index (χ2v) is 15.6. The van der Waals surface area contributed by atoms with Gasteiger partial charge in [-0.2, -0.15) is 5.10 Å². The van der Waals surface area contributed by atoms with Gasteiger partial charge in [0.15, 0.2) is 12.4 Å². The van der Waals surface area contributed by atoms with E-state index in [1.54, 1.807) is 12.1 Å². The molecule has 3 N–H and O–H groups in total. The third kappa shape index (κ3) is 10.5. The smallest absolute Gasteiger partial charge is 0.274 e. The molecular formula is C42H57N7O7. The van der Waals surface area contributed by atoms with E-state index >= 15 is 0 Å². The highest BCUT2D eigenvalue weighted by Crippen LogP contribution is 2.39. The number of carbonyl (C=O) groups is 3. The van der Waals surface area contributed by atoms with Crippen molar-refractivity contribution >= 4 is 23.4 Å². The van der Waals surface area contributed by atoms with Crippen molar-refractivity contribution in [2.75, 3.05) is 84.1 Å². The minimum atomic E-state index is -0.290. The Hall–Kier alpha value is -4.50. The highest BCUT2D eigenvalue weighted by molar-refractivity contribution is 5.97. The number of hydrogen-bond acceptors (Lipinski definition) is 10. The molecule has 14 heteroatoms. The topological polar surface area (TPSA) is 151 Å². The first-order valence-corrected chi connectivity index (χ1v) is 20.4. The van der Waals surface area contributed by atoms with Crippen molar-refractivity contribution in [1.82, 2.24) is 29.8 Å². The summed E-state index contributed by atoms with van der Waals surface area (Å²) in [6.07, 6.45) is 8.02. The summed E-state index contributed by atoms with van der Waals surface area (Å²) in [5.74, 6) is 1.01. The van der Waals surface area contributed by atoms with E-state index in [0.29, 0.717) is 95.0 Å². The zero-order valence-corrected chi connectivity index (χ0v) is 32.7. The molecule has 1 spiro atoms. The number of piperidine rings is 1. The van der Waals surface area contributed by atoms with Crippen LogP contribution >= 0.6 is 0 Å². The van der Waals surface area contributed by atoms with Gasteiger partial charge in [0.1, 0.15) is 17.1 Å². The third-order valence-corrected chi connectivity index (χ3v) is 11.4. The maximum absolute atomic E-state index is 13.3. The van der Waals surface area contributed by atoms with Crippen LogP contribution in [0.1, 0.15) is 66.2 Å². The summed E-state index contributed by atoms with van der Waals surface area (Å²) in [5, 5.41) is 20.7. The maximum atomic E-state index is 13.3. The molecule has 1 saturated carbocycles. The zero-order chi connectivity index (χ0) is 38.9. The molecule has 4 aliphatic rings. The number of phenols is 1. The lowest BCUT2D eigenvalue weighted by Crippen LogP contribution is -2.58. The number of benzene rings is 2. The quantitative estimate of drug-likeness (QED) is 0.130. The van der Waals surface area contributed by atoms with Crippen LogP contribution in [-0.4, -0.2) is 132 Å². The van der Waals surface area contributed by atoms with Crippen molar-refractivity contribution in [3.63, 3.8) is 0 Å². The first kappa shape index (κ1) is 39.7. The number of fused-ring (bicyclic) bond motifs is 1. The number of nitrogens with zero attached hydrogens (tertiary/aromatic N) is 5. The fraction of sp³-hybridized carbons (Fsp3) is 0.571. The van der Waals surface area contributed by atoms with Crippen LogP contribution < -0.4 is 15.4 Å². The number of carbonyl (C=O) groups excluding carboxylic acids is 3. The van der Waals surface area contributed by atoms with Crippen molar-refractivity contribution in [3.8, 4) is 11.5 Å². The van der Waals surface area contributed by atoms with Gasteiger partial charge in [0.25, 0.3) is 11.8 Å². The number of phenolic OH excluding ortho intramolecular Hbond substituents is 1. The van der Waals surface area contributed by atoms with Gasteiger partial charge in [-0.25, -0.2) is 0 Å². The van der Waals surface area contributed by atoms with Crippen LogP contribution in [0.25, 0.3) is 0 Å². The Labute approximate surface area is 329 Å². The summed E-state index contributed by atoms with van der Waals surface area (Å²) < 4.78 is 19.8. The zero-order valence-electron chi connectivity index (χ0n) is 32.7. The van der Waals surface area contributed by atoms with Crippen LogP contribution in [0.5, 0.6) is 11.5 Å². The van der Waals surface area contributed by atoms with E-state index in [-0.39, 0.29) is 35.7 Å². The van der Waals surface area contributed by atoms with E-state index in [2.05, 4.69) is 44.9 Å². The summed E-state index contributed by atoms with van der Waals surface area (Å²) in [6, 6.07) is 13.9. The highest BCUT2D eigenvalue weighted by atomic mass is 16.5. The lowest BCUT2D eigenvalue weighted by atomic mass is 9.89. The maximum Gasteiger partial charge on any atom is 0.274 e. The van der Waals surface area contributed by atoms with Gasteiger partial charge in [0.05, 0.1) is 38.4 Å². The number of anilines is 1. The molecule has 56 heavy (non-hydrogen) atoms. The van der Waals surface area contributed by atoms with E-state index in [1.807, 2.05) is 33.7 Å². The van der Waals surface area contributed by atoms with E-state index in [9.17, 15) is 19.5 Å². The average Bonchev–Trinajstić information content (AvgIpc) is 3.91. The number of aromatic nitrogens is 2. The molecule has 0 bridgehead atoms. The predicted molar refractivity (Wildman–Crippen MR) is 211 cm³/mol. The largest absolute Gasteiger partial charge is 0.506 e. The molecule has 0 radical (unpaired) electrons. The number of amides is 3.